The van der Waals surface area contributed by atoms with Crippen molar-refractivity contribution in [2.24, 2.45) is 5.92 Å². The first-order chi connectivity index (χ1) is 8.93. The van der Waals surface area contributed by atoms with Crippen molar-refractivity contribution in [1.29, 1.82) is 0 Å². The number of carboxylic acids is 1. The average Bonchev–Trinajstić information content (AvgIpc) is 2.36. The Morgan fingerprint density at radius 1 is 1.37 bits per heavy atom. The van der Waals surface area contributed by atoms with E-state index in [-0.39, 0.29) is 18.4 Å². The Morgan fingerprint density at radius 3 is 2.58 bits per heavy atom. The molecule has 0 atom stereocenters. The van der Waals surface area contributed by atoms with Crippen molar-refractivity contribution in [3.05, 3.63) is 29.8 Å². The highest BCUT2D eigenvalue weighted by atomic mass is 16.5. The van der Waals surface area contributed by atoms with Gasteiger partial charge in [0.05, 0.1) is 7.11 Å². The highest BCUT2D eigenvalue weighted by molar-refractivity contribution is 5.96. The lowest BCUT2D eigenvalue weighted by atomic mass is 10.1. The summed E-state index contributed by atoms with van der Waals surface area (Å²) >= 11 is 0. The molecule has 0 saturated heterocycles. The van der Waals surface area contributed by atoms with E-state index in [1.165, 1.54) is 12.0 Å². The zero-order valence-corrected chi connectivity index (χ0v) is 11.4. The monoisotopic (exact) mass is 265 g/mol. The number of hydrogen-bond donors (Lipinski definition) is 1. The van der Waals surface area contributed by atoms with Gasteiger partial charge in [0.1, 0.15) is 12.3 Å². The lowest BCUT2D eigenvalue weighted by molar-refractivity contribution is -0.137. The molecule has 0 aliphatic heterocycles. The fourth-order valence-electron chi connectivity index (χ4n) is 1.76. The summed E-state index contributed by atoms with van der Waals surface area (Å²) in [5, 5.41) is 8.87. The van der Waals surface area contributed by atoms with Crippen LogP contribution in [0.3, 0.4) is 0 Å². The van der Waals surface area contributed by atoms with E-state index in [1.807, 2.05) is 13.8 Å². The summed E-state index contributed by atoms with van der Waals surface area (Å²) < 4.78 is 5.06. The van der Waals surface area contributed by atoms with Crippen LogP contribution in [0.2, 0.25) is 0 Å². The predicted molar refractivity (Wildman–Crippen MR) is 71.4 cm³/mol. The van der Waals surface area contributed by atoms with Gasteiger partial charge in [0.15, 0.2) is 0 Å². The summed E-state index contributed by atoms with van der Waals surface area (Å²) in [5.74, 6) is -0.536. The molecule has 1 amide bonds. The smallest absolute Gasteiger partial charge is 0.323 e. The highest BCUT2D eigenvalue weighted by Gasteiger charge is 2.19. The summed E-state index contributed by atoms with van der Waals surface area (Å²) in [5.41, 5.74) is 0.432. The number of rotatable bonds is 6. The van der Waals surface area contributed by atoms with Gasteiger partial charge in [0.2, 0.25) is 0 Å². The van der Waals surface area contributed by atoms with Gasteiger partial charge in [-0.25, -0.2) is 0 Å². The van der Waals surface area contributed by atoms with Gasteiger partial charge < -0.3 is 14.7 Å². The first kappa shape index (κ1) is 15.0. The summed E-state index contributed by atoms with van der Waals surface area (Å²) in [7, 11) is 1.52. The van der Waals surface area contributed by atoms with Crippen molar-refractivity contribution in [2.45, 2.75) is 13.8 Å². The molecule has 0 aliphatic rings. The summed E-state index contributed by atoms with van der Waals surface area (Å²) in [6, 6.07) is 6.71. The third-order valence-electron chi connectivity index (χ3n) is 2.52. The van der Waals surface area contributed by atoms with Crippen LogP contribution in [0, 0.1) is 5.92 Å². The number of hydrogen-bond acceptors (Lipinski definition) is 3. The number of carboxylic acid groups (broad SMARTS) is 1. The van der Waals surface area contributed by atoms with Crippen molar-refractivity contribution in [2.75, 3.05) is 20.2 Å². The Hall–Kier alpha value is -2.04. The minimum Gasteiger partial charge on any atom is -0.497 e. The van der Waals surface area contributed by atoms with Gasteiger partial charge in [-0.1, -0.05) is 19.9 Å². The third-order valence-corrected chi connectivity index (χ3v) is 2.52. The Morgan fingerprint density at radius 2 is 2.05 bits per heavy atom. The lowest BCUT2D eigenvalue weighted by Crippen LogP contribution is -2.38. The molecule has 19 heavy (non-hydrogen) atoms. The molecule has 5 nitrogen and oxygen atoms in total. The zero-order chi connectivity index (χ0) is 14.4. The third kappa shape index (κ3) is 4.62. The largest absolute Gasteiger partial charge is 0.497 e. The molecule has 0 heterocycles. The van der Waals surface area contributed by atoms with E-state index in [4.69, 9.17) is 9.84 Å². The maximum Gasteiger partial charge on any atom is 0.323 e. The van der Waals surface area contributed by atoms with Crippen molar-refractivity contribution in [1.82, 2.24) is 4.90 Å². The van der Waals surface area contributed by atoms with Crippen LogP contribution >= 0.6 is 0 Å². The molecule has 0 radical (unpaired) electrons. The van der Waals surface area contributed by atoms with Crippen molar-refractivity contribution >= 4 is 11.9 Å². The van der Waals surface area contributed by atoms with Gasteiger partial charge in [-0.15, -0.1) is 0 Å². The maximum atomic E-state index is 12.3. The van der Waals surface area contributed by atoms with Gasteiger partial charge in [-0.3, -0.25) is 9.59 Å². The van der Waals surface area contributed by atoms with E-state index >= 15 is 0 Å². The topological polar surface area (TPSA) is 66.8 Å². The standard InChI is InChI=1S/C14H19NO4/c1-10(2)8-15(9-13(16)17)14(18)11-5-4-6-12(7-11)19-3/h4-7,10H,8-9H2,1-3H3,(H,16,17). The van der Waals surface area contributed by atoms with E-state index in [2.05, 4.69) is 0 Å². The number of aliphatic carboxylic acids is 1. The normalized spacial score (nSPS) is 10.3. The Balaban J connectivity index is 2.93. The minimum absolute atomic E-state index is 0.203. The van der Waals surface area contributed by atoms with Crippen LogP contribution < -0.4 is 4.74 Å². The van der Waals surface area contributed by atoms with Gasteiger partial charge in [-0.05, 0) is 24.1 Å². The van der Waals surface area contributed by atoms with Crippen molar-refractivity contribution in [3.63, 3.8) is 0 Å². The van der Waals surface area contributed by atoms with Gasteiger partial charge in [0.25, 0.3) is 5.91 Å². The molecule has 1 N–H and O–H groups in total. The SMILES string of the molecule is COc1cccc(C(=O)N(CC(=O)O)CC(C)C)c1. The lowest BCUT2D eigenvalue weighted by Gasteiger charge is -2.22. The molecular formula is C14H19NO4. The van der Waals surface area contributed by atoms with Crippen LogP contribution in [-0.4, -0.2) is 42.1 Å². The average molecular weight is 265 g/mol. The fraction of sp³-hybridized carbons (Fsp3) is 0.429. The Labute approximate surface area is 112 Å². The van der Waals surface area contributed by atoms with Crippen LogP contribution in [-0.2, 0) is 4.79 Å². The summed E-state index contributed by atoms with van der Waals surface area (Å²) in [4.78, 5) is 24.5. The molecule has 5 heteroatoms. The molecule has 0 spiro atoms. The quantitative estimate of drug-likeness (QED) is 0.852. The van der Waals surface area contributed by atoms with Crippen molar-refractivity contribution in [3.8, 4) is 5.75 Å². The molecule has 1 aromatic rings. The molecular weight excluding hydrogens is 246 g/mol. The number of ether oxygens (including phenoxy) is 1. The highest BCUT2D eigenvalue weighted by Crippen LogP contribution is 2.15. The van der Waals surface area contributed by atoms with E-state index in [9.17, 15) is 9.59 Å². The molecule has 0 aliphatic carbocycles. The van der Waals surface area contributed by atoms with Crippen LogP contribution in [0.5, 0.6) is 5.75 Å². The van der Waals surface area contributed by atoms with Crippen LogP contribution in [0.1, 0.15) is 24.2 Å². The predicted octanol–water partition coefficient (Wildman–Crippen LogP) is 1.88. The molecule has 0 unspecified atom stereocenters. The second-order valence-corrected chi connectivity index (χ2v) is 4.71. The van der Waals surface area contributed by atoms with Gasteiger partial charge in [0, 0.05) is 12.1 Å². The second-order valence-electron chi connectivity index (χ2n) is 4.71. The summed E-state index contributed by atoms with van der Waals surface area (Å²) in [6.07, 6.45) is 0. The van der Waals surface area contributed by atoms with Crippen LogP contribution in [0.25, 0.3) is 0 Å². The molecule has 0 aromatic heterocycles. The number of nitrogens with zero attached hydrogens (tertiary/aromatic N) is 1. The number of amides is 1. The minimum atomic E-state index is -1.02. The number of carbonyl (C=O) groups excluding carboxylic acids is 1. The Kier molecular flexibility index (Phi) is 5.36. The van der Waals surface area contributed by atoms with E-state index in [0.717, 1.165) is 0 Å². The van der Waals surface area contributed by atoms with Gasteiger partial charge >= 0.3 is 5.97 Å². The van der Waals surface area contributed by atoms with Gasteiger partial charge in [-0.2, -0.15) is 0 Å². The first-order valence-electron chi connectivity index (χ1n) is 6.09. The molecule has 0 bridgehead atoms. The number of carbonyl (C=O) groups is 2. The molecule has 0 saturated carbocycles. The molecule has 1 rings (SSSR count). The number of methoxy groups -OCH3 is 1. The first-order valence-corrected chi connectivity index (χ1v) is 6.09. The zero-order valence-electron chi connectivity index (χ0n) is 11.4. The maximum absolute atomic E-state index is 12.3. The molecule has 104 valence electrons. The molecule has 0 fully saturated rings. The van der Waals surface area contributed by atoms with E-state index in [0.29, 0.717) is 17.9 Å². The molecule has 1 aromatic carbocycles. The van der Waals surface area contributed by atoms with E-state index < -0.39 is 5.97 Å². The number of benzene rings is 1. The van der Waals surface area contributed by atoms with Crippen LogP contribution in [0.4, 0.5) is 0 Å². The Bertz CT molecular complexity index is 457. The second kappa shape index (κ2) is 6.78. The van der Waals surface area contributed by atoms with Crippen LogP contribution in [0.15, 0.2) is 24.3 Å². The fourth-order valence-corrected chi connectivity index (χ4v) is 1.76. The van der Waals surface area contributed by atoms with Crippen molar-refractivity contribution < 1.29 is 19.4 Å². The summed E-state index contributed by atoms with van der Waals surface area (Å²) in [6.45, 7) is 3.98. The van der Waals surface area contributed by atoms with E-state index in [1.54, 1.807) is 24.3 Å².